The van der Waals surface area contributed by atoms with Crippen molar-refractivity contribution in [1.29, 1.82) is 0 Å². The van der Waals surface area contributed by atoms with E-state index in [1.54, 1.807) is 0 Å². The standard InChI is InChI=1S/C62H106O6/c1-4-7-10-13-16-19-21-23-24-25-26-27-28-29-30-31-32-33-34-35-36-37-38-39-41-43-46-49-52-55-61(64)67-58-59(57-66-60(63)54-51-48-45-42-18-15-12-9-6-3)68-62(65)56-53-50-47-44-40-22-20-17-14-11-8-5-2/h7,10,16,19,23-24,26-27,29-30,32-33,35-36,59H,4-6,8-9,11-15,17-18,20-22,25,28,31,34,37-58H2,1-3H3/b10-7-,19-16-,24-23-,27-26-,30-29-,33-32-,36-35-. The van der Waals surface area contributed by atoms with Gasteiger partial charge in [0, 0.05) is 19.3 Å². The van der Waals surface area contributed by atoms with Gasteiger partial charge in [-0.15, -0.1) is 0 Å². The van der Waals surface area contributed by atoms with Crippen LogP contribution in [-0.2, 0) is 28.6 Å². The van der Waals surface area contributed by atoms with Gasteiger partial charge in [0.25, 0.3) is 0 Å². The van der Waals surface area contributed by atoms with Crippen LogP contribution in [0.2, 0.25) is 0 Å². The molecule has 0 aromatic rings. The third-order valence-corrected chi connectivity index (χ3v) is 12.2. The van der Waals surface area contributed by atoms with E-state index in [0.717, 1.165) is 109 Å². The van der Waals surface area contributed by atoms with Crippen molar-refractivity contribution in [2.24, 2.45) is 0 Å². The quantitative estimate of drug-likeness (QED) is 0.0262. The van der Waals surface area contributed by atoms with Gasteiger partial charge in [0.1, 0.15) is 13.2 Å². The van der Waals surface area contributed by atoms with Crippen molar-refractivity contribution >= 4 is 17.9 Å². The first-order valence-electron chi connectivity index (χ1n) is 28.6. The maximum atomic E-state index is 12.8. The Hall–Kier alpha value is -3.41. The highest BCUT2D eigenvalue weighted by Gasteiger charge is 2.19. The van der Waals surface area contributed by atoms with Crippen LogP contribution in [0.4, 0.5) is 0 Å². The van der Waals surface area contributed by atoms with Gasteiger partial charge in [-0.25, -0.2) is 0 Å². The summed E-state index contributed by atoms with van der Waals surface area (Å²) in [4.78, 5) is 37.9. The number of rotatable bonds is 51. The van der Waals surface area contributed by atoms with E-state index in [0.29, 0.717) is 19.3 Å². The number of hydrogen-bond donors (Lipinski definition) is 0. The Morgan fingerprint density at radius 3 is 0.897 bits per heavy atom. The third-order valence-electron chi connectivity index (χ3n) is 12.2. The van der Waals surface area contributed by atoms with Crippen LogP contribution in [0, 0.1) is 0 Å². The van der Waals surface area contributed by atoms with E-state index in [9.17, 15) is 14.4 Å². The van der Waals surface area contributed by atoms with Gasteiger partial charge < -0.3 is 14.2 Å². The van der Waals surface area contributed by atoms with Crippen molar-refractivity contribution < 1.29 is 28.6 Å². The highest BCUT2D eigenvalue weighted by Crippen LogP contribution is 2.15. The molecule has 0 amide bonds. The summed E-state index contributed by atoms with van der Waals surface area (Å²) < 4.78 is 16.8. The molecule has 0 aromatic heterocycles. The first kappa shape index (κ1) is 64.6. The molecule has 0 spiro atoms. The molecule has 1 unspecified atom stereocenters. The Morgan fingerprint density at radius 1 is 0.309 bits per heavy atom. The summed E-state index contributed by atoms with van der Waals surface area (Å²) in [5.41, 5.74) is 0. The molecule has 0 fully saturated rings. The number of esters is 3. The Bertz CT molecular complexity index is 1320. The summed E-state index contributed by atoms with van der Waals surface area (Å²) in [6.07, 6.45) is 73.0. The SMILES string of the molecule is CC/C=C\C/C=C\C/C=C\C/C=C\C/C=C\C/C=C\C/C=C\CCCCCCCCCC(=O)OCC(COC(=O)CCCCCCCCCCC)OC(=O)CCCCCCCCCCCCCC. The molecule has 0 N–H and O–H groups in total. The van der Waals surface area contributed by atoms with Crippen molar-refractivity contribution in [2.45, 2.75) is 277 Å². The minimum Gasteiger partial charge on any atom is -0.462 e. The van der Waals surface area contributed by atoms with Crippen molar-refractivity contribution in [3.05, 3.63) is 85.1 Å². The van der Waals surface area contributed by atoms with Crippen LogP contribution in [0.5, 0.6) is 0 Å². The molecule has 0 radical (unpaired) electrons. The number of allylic oxidation sites excluding steroid dienone is 14. The predicted molar refractivity (Wildman–Crippen MR) is 293 cm³/mol. The lowest BCUT2D eigenvalue weighted by atomic mass is 10.0. The fourth-order valence-electron chi connectivity index (χ4n) is 7.89. The fraction of sp³-hybridized carbons (Fsp3) is 0.726. The number of unbranched alkanes of at least 4 members (excludes halogenated alkanes) is 26. The lowest BCUT2D eigenvalue weighted by Crippen LogP contribution is -2.30. The second-order valence-electron chi connectivity index (χ2n) is 18.8. The van der Waals surface area contributed by atoms with Gasteiger partial charge in [0.05, 0.1) is 0 Å². The van der Waals surface area contributed by atoms with Crippen molar-refractivity contribution in [2.75, 3.05) is 13.2 Å². The summed E-state index contributed by atoms with van der Waals surface area (Å²) in [5, 5.41) is 0. The molecular weight excluding hydrogens is 841 g/mol. The van der Waals surface area contributed by atoms with Crippen molar-refractivity contribution in [1.82, 2.24) is 0 Å². The smallest absolute Gasteiger partial charge is 0.306 e. The number of carbonyl (C=O) groups excluding carboxylic acids is 3. The van der Waals surface area contributed by atoms with Gasteiger partial charge in [-0.1, -0.05) is 260 Å². The van der Waals surface area contributed by atoms with E-state index >= 15 is 0 Å². The maximum Gasteiger partial charge on any atom is 0.306 e. The number of ether oxygens (including phenoxy) is 3. The van der Waals surface area contributed by atoms with Crippen LogP contribution in [0.15, 0.2) is 85.1 Å². The molecule has 0 aliphatic rings. The van der Waals surface area contributed by atoms with Gasteiger partial charge in [-0.3, -0.25) is 14.4 Å². The fourth-order valence-corrected chi connectivity index (χ4v) is 7.89. The van der Waals surface area contributed by atoms with Crippen LogP contribution >= 0.6 is 0 Å². The second-order valence-corrected chi connectivity index (χ2v) is 18.8. The van der Waals surface area contributed by atoms with Crippen LogP contribution in [0.1, 0.15) is 271 Å². The normalized spacial score (nSPS) is 12.7. The molecule has 0 aromatic carbocycles. The van der Waals surface area contributed by atoms with Crippen LogP contribution in [0.3, 0.4) is 0 Å². The first-order valence-corrected chi connectivity index (χ1v) is 28.6. The summed E-state index contributed by atoms with van der Waals surface area (Å²) in [7, 11) is 0. The average molecular weight is 948 g/mol. The third kappa shape index (κ3) is 53.5. The zero-order valence-electron chi connectivity index (χ0n) is 44.6. The van der Waals surface area contributed by atoms with Crippen LogP contribution in [-0.4, -0.2) is 37.2 Å². The molecule has 6 nitrogen and oxygen atoms in total. The monoisotopic (exact) mass is 947 g/mol. The molecular formula is C62H106O6. The Kier molecular flexibility index (Phi) is 53.4. The summed E-state index contributed by atoms with van der Waals surface area (Å²) >= 11 is 0. The summed E-state index contributed by atoms with van der Waals surface area (Å²) in [5.74, 6) is -0.886. The van der Waals surface area contributed by atoms with E-state index < -0.39 is 6.10 Å². The number of hydrogen-bond acceptors (Lipinski definition) is 6. The highest BCUT2D eigenvalue weighted by atomic mass is 16.6. The molecule has 0 bridgehead atoms. The molecule has 6 heteroatoms. The summed E-state index contributed by atoms with van der Waals surface area (Å²) in [6, 6.07) is 0. The number of carbonyl (C=O) groups is 3. The Labute approximate surface area is 420 Å². The molecule has 0 aliphatic carbocycles. The summed E-state index contributed by atoms with van der Waals surface area (Å²) in [6.45, 7) is 6.50. The van der Waals surface area contributed by atoms with Crippen molar-refractivity contribution in [3.63, 3.8) is 0 Å². The average Bonchev–Trinajstić information content (AvgIpc) is 3.34. The van der Waals surface area contributed by atoms with Crippen LogP contribution in [0.25, 0.3) is 0 Å². The topological polar surface area (TPSA) is 78.9 Å². The molecule has 0 rings (SSSR count). The first-order chi connectivity index (χ1) is 33.5. The van der Waals surface area contributed by atoms with E-state index in [2.05, 4.69) is 106 Å². The lowest BCUT2D eigenvalue weighted by Gasteiger charge is -2.18. The van der Waals surface area contributed by atoms with E-state index in [1.165, 1.54) is 122 Å². The Balaban J connectivity index is 4.20. The zero-order chi connectivity index (χ0) is 49.3. The van der Waals surface area contributed by atoms with E-state index in [4.69, 9.17) is 14.2 Å². The van der Waals surface area contributed by atoms with Crippen molar-refractivity contribution in [3.8, 4) is 0 Å². The van der Waals surface area contributed by atoms with E-state index in [-0.39, 0.29) is 31.1 Å². The molecule has 0 saturated heterocycles. The zero-order valence-corrected chi connectivity index (χ0v) is 44.6. The van der Waals surface area contributed by atoms with Gasteiger partial charge in [0.15, 0.2) is 6.10 Å². The minimum absolute atomic E-state index is 0.0764. The Morgan fingerprint density at radius 2 is 0.574 bits per heavy atom. The highest BCUT2D eigenvalue weighted by molar-refractivity contribution is 5.71. The molecule has 0 saturated carbocycles. The second kappa shape index (κ2) is 56.2. The van der Waals surface area contributed by atoms with E-state index in [1.807, 2.05) is 0 Å². The molecule has 0 heterocycles. The van der Waals surface area contributed by atoms with Gasteiger partial charge in [-0.05, 0) is 77.0 Å². The lowest BCUT2D eigenvalue weighted by molar-refractivity contribution is -0.167. The molecule has 0 aliphatic heterocycles. The molecule has 1 atom stereocenters. The molecule has 390 valence electrons. The van der Waals surface area contributed by atoms with Gasteiger partial charge in [0.2, 0.25) is 0 Å². The molecule has 68 heavy (non-hydrogen) atoms. The van der Waals surface area contributed by atoms with Gasteiger partial charge in [-0.2, -0.15) is 0 Å². The maximum absolute atomic E-state index is 12.8. The minimum atomic E-state index is -0.776. The predicted octanol–water partition coefficient (Wildman–Crippen LogP) is 19.2. The van der Waals surface area contributed by atoms with Gasteiger partial charge >= 0.3 is 17.9 Å². The van der Waals surface area contributed by atoms with Crippen LogP contribution < -0.4 is 0 Å². The largest absolute Gasteiger partial charge is 0.462 e.